The predicted molar refractivity (Wildman–Crippen MR) is 68.6 cm³/mol. The van der Waals surface area contributed by atoms with Crippen molar-refractivity contribution in [3.05, 3.63) is 16.1 Å². The first kappa shape index (κ1) is 12.0. The van der Waals surface area contributed by atoms with E-state index in [1.807, 2.05) is 0 Å². The van der Waals surface area contributed by atoms with Crippen LogP contribution in [0.2, 0.25) is 0 Å². The summed E-state index contributed by atoms with van der Waals surface area (Å²) in [6.45, 7) is 5.09. The first-order valence-electron chi connectivity index (χ1n) is 6.14. The van der Waals surface area contributed by atoms with E-state index in [-0.39, 0.29) is 0 Å². The Labute approximate surface area is 102 Å². The summed E-state index contributed by atoms with van der Waals surface area (Å²) in [7, 11) is 0. The van der Waals surface area contributed by atoms with E-state index in [0.29, 0.717) is 6.04 Å². The zero-order chi connectivity index (χ0) is 11.4. The van der Waals surface area contributed by atoms with Crippen molar-refractivity contribution in [2.24, 2.45) is 5.73 Å². The van der Waals surface area contributed by atoms with Gasteiger partial charge < -0.3 is 5.73 Å². The average molecular weight is 239 g/mol. The molecule has 0 spiro atoms. The molecule has 2 rings (SSSR count). The lowest BCUT2D eigenvalue weighted by Gasteiger charge is -2.35. The molecule has 1 aromatic heterocycles. The molecule has 1 atom stereocenters. The number of nitrogens with two attached hydrogens (primary N) is 1. The fourth-order valence-electron chi connectivity index (χ4n) is 2.48. The molecule has 2 N–H and O–H groups in total. The van der Waals surface area contributed by atoms with E-state index in [1.165, 1.54) is 36.5 Å². The van der Waals surface area contributed by atoms with Gasteiger partial charge in [0.2, 0.25) is 0 Å². The molecule has 1 aliphatic heterocycles. The number of thiazole rings is 1. The molecule has 1 saturated heterocycles. The minimum atomic E-state index is 0.681. The quantitative estimate of drug-likeness (QED) is 0.875. The summed E-state index contributed by atoms with van der Waals surface area (Å²) in [6.07, 6.45) is 5.12. The van der Waals surface area contributed by atoms with Gasteiger partial charge in [-0.25, -0.2) is 4.98 Å². The summed E-state index contributed by atoms with van der Waals surface area (Å²) in [5, 5.41) is 3.35. The molecule has 0 saturated carbocycles. The lowest BCUT2D eigenvalue weighted by atomic mass is 9.99. The maximum absolute atomic E-state index is 5.68. The van der Waals surface area contributed by atoms with Crippen LogP contribution in [0.25, 0.3) is 0 Å². The second-order valence-electron chi connectivity index (χ2n) is 4.56. The Bertz CT molecular complexity index is 322. The minimum absolute atomic E-state index is 0.681. The van der Waals surface area contributed by atoms with Crippen LogP contribution in [0.1, 0.15) is 36.4 Å². The molecule has 0 radical (unpaired) electrons. The van der Waals surface area contributed by atoms with Gasteiger partial charge in [-0.2, -0.15) is 0 Å². The molecule has 0 aromatic carbocycles. The molecule has 1 aromatic rings. The highest BCUT2D eigenvalue weighted by Crippen LogP contribution is 2.22. The highest BCUT2D eigenvalue weighted by Gasteiger charge is 2.22. The highest BCUT2D eigenvalue weighted by atomic mass is 32.1. The van der Waals surface area contributed by atoms with E-state index in [0.717, 1.165) is 19.5 Å². The molecule has 0 aliphatic carbocycles. The molecular formula is C12H21N3S. The third kappa shape index (κ3) is 3.03. The molecule has 1 aliphatic rings. The third-order valence-electron chi connectivity index (χ3n) is 3.28. The number of hydrogen-bond acceptors (Lipinski definition) is 4. The summed E-state index contributed by atoms with van der Waals surface area (Å²) in [5.41, 5.74) is 6.91. The SMILES string of the molecule is Cc1nc(CN2CCCCC2CCN)cs1. The Morgan fingerprint density at radius 3 is 3.12 bits per heavy atom. The van der Waals surface area contributed by atoms with Gasteiger partial charge in [0.15, 0.2) is 0 Å². The van der Waals surface area contributed by atoms with Crippen molar-refractivity contribution in [2.75, 3.05) is 13.1 Å². The summed E-state index contributed by atoms with van der Waals surface area (Å²) < 4.78 is 0. The Morgan fingerprint density at radius 1 is 1.56 bits per heavy atom. The van der Waals surface area contributed by atoms with Gasteiger partial charge in [-0.15, -0.1) is 11.3 Å². The van der Waals surface area contributed by atoms with Crippen molar-refractivity contribution >= 4 is 11.3 Å². The van der Waals surface area contributed by atoms with Gasteiger partial charge in [-0.1, -0.05) is 6.42 Å². The van der Waals surface area contributed by atoms with Crippen molar-refractivity contribution in [3.63, 3.8) is 0 Å². The first-order chi connectivity index (χ1) is 7.79. The van der Waals surface area contributed by atoms with Gasteiger partial charge in [-0.05, 0) is 39.3 Å². The number of aryl methyl sites for hydroxylation is 1. The molecule has 90 valence electrons. The normalized spacial score (nSPS) is 22.5. The fraction of sp³-hybridized carbons (Fsp3) is 0.750. The van der Waals surface area contributed by atoms with Crippen LogP contribution in [0.3, 0.4) is 0 Å². The Morgan fingerprint density at radius 2 is 2.44 bits per heavy atom. The second kappa shape index (κ2) is 5.75. The topological polar surface area (TPSA) is 42.2 Å². The van der Waals surface area contributed by atoms with Crippen molar-refractivity contribution < 1.29 is 0 Å². The monoisotopic (exact) mass is 239 g/mol. The van der Waals surface area contributed by atoms with E-state index in [2.05, 4.69) is 22.2 Å². The largest absolute Gasteiger partial charge is 0.330 e. The van der Waals surface area contributed by atoms with Gasteiger partial charge in [0.1, 0.15) is 0 Å². The number of likely N-dealkylation sites (tertiary alicyclic amines) is 1. The zero-order valence-electron chi connectivity index (χ0n) is 9.98. The number of aromatic nitrogens is 1. The number of rotatable bonds is 4. The summed E-state index contributed by atoms with van der Waals surface area (Å²) in [6, 6.07) is 0.681. The minimum Gasteiger partial charge on any atom is -0.330 e. The van der Waals surface area contributed by atoms with E-state index in [1.54, 1.807) is 11.3 Å². The van der Waals surface area contributed by atoms with Crippen LogP contribution < -0.4 is 5.73 Å². The smallest absolute Gasteiger partial charge is 0.0897 e. The molecule has 3 nitrogen and oxygen atoms in total. The van der Waals surface area contributed by atoms with Crippen molar-refractivity contribution in [2.45, 2.75) is 45.2 Å². The van der Waals surface area contributed by atoms with Gasteiger partial charge >= 0.3 is 0 Å². The van der Waals surface area contributed by atoms with Crippen LogP contribution in [0, 0.1) is 6.92 Å². The first-order valence-corrected chi connectivity index (χ1v) is 7.02. The Kier molecular flexibility index (Phi) is 4.32. The highest BCUT2D eigenvalue weighted by molar-refractivity contribution is 7.09. The second-order valence-corrected chi connectivity index (χ2v) is 5.62. The Balaban J connectivity index is 1.95. The van der Waals surface area contributed by atoms with Gasteiger partial charge in [0.25, 0.3) is 0 Å². The van der Waals surface area contributed by atoms with Crippen molar-refractivity contribution in [1.82, 2.24) is 9.88 Å². The average Bonchev–Trinajstić information content (AvgIpc) is 2.67. The van der Waals surface area contributed by atoms with E-state index >= 15 is 0 Å². The zero-order valence-corrected chi connectivity index (χ0v) is 10.8. The van der Waals surface area contributed by atoms with Gasteiger partial charge in [0.05, 0.1) is 10.7 Å². The third-order valence-corrected chi connectivity index (χ3v) is 4.10. The lowest BCUT2D eigenvalue weighted by Crippen LogP contribution is -2.40. The maximum atomic E-state index is 5.68. The molecule has 1 fully saturated rings. The van der Waals surface area contributed by atoms with Crippen LogP contribution in [-0.4, -0.2) is 29.0 Å². The van der Waals surface area contributed by atoms with Gasteiger partial charge in [0, 0.05) is 18.0 Å². The van der Waals surface area contributed by atoms with Crippen LogP contribution >= 0.6 is 11.3 Å². The lowest BCUT2D eigenvalue weighted by molar-refractivity contribution is 0.132. The molecule has 16 heavy (non-hydrogen) atoms. The predicted octanol–water partition coefficient (Wildman–Crippen LogP) is 2.15. The molecular weight excluding hydrogens is 218 g/mol. The summed E-state index contributed by atoms with van der Waals surface area (Å²) in [5.74, 6) is 0. The molecule has 2 heterocycles. The van der Waals surface area contributed by atoms with E-state index < -0.39 is 0 Å². The Hall–Kier alpha value is -0.450. The van der Waals surface area contributed by atoms with Crippen LogP contribution in [0.15, 0.2) is 5.38 Å². The summed E-state index contributed by atoms with van der Waals surface area (Å²) in [4.78, 5) is 7.11. The molecule has 1 unspecified atom stereocenters. The van der Waals surface area contributed by atoms with Crippen LogP contribution in [0.4, 0.5) is 0 Å². The van der Waals surface area contributed by atoms with E-state index in [9.17, 15) is 0 Å². The fourth-order valence-corrected chi connectivity index (χ4v) is 3.08. The van der Waals surface area contributed by atoms with Crippen LogP contribution in [-0.2, 0) is 6.54 Å². The van der Waals surface area contributed by atoms with Crippen molar-refractivity contribution in [3.8, 4) is 0 Å². The van der Waals surface area contributed by atoms with E-state index in [4.69, 9.17) is 5.73 Å². The number of nitrogens with zero attached hydrogens (tertiary/aromatic N) is 2. The molecule has 0 bridgehead atoms. The van der Waals surface area contributed by atoms with Crippen LogP contribution in [0.5, 0.6) is 0 Å². The van der Waals surface area contributed by atoms with Crippen molar-refractivity contribution in [1.29, 1.82) is 0 Å². The maximum Gasteiger partial charge on any atom is 0.0897 e. The number of hydrogen-bond donors (Lipinski definition) is 1. The standard InChI is InChI=1S/C12H21N3S/c1-10-14-11(9-16-10)8-15-7-3-2-4-12(15)5-6-13/h9,12H,2-8,13H2,1H3. The summed E-state index contributed by atoms with van der Waals surface area (Å²) >= 11 is 1.75. The van der Waals surface area contributed by atoms with Gasteiger partial charge in [-0.3, -0.25) is 4.90 Å². The number of piperidine rings is 1. The molecule has 4 heteroatoms. The molecule has 0 amide bonds.